The van der Waals surface area contributed by atoms with E-state index < -0.39 is 0 Å². The first-order valence-corrected chi connectivity index (χ1v) is 29.6. The first-order chi connectivity index (χ1) is 34.7. The van der Waals surface area contributed by atoms with E-state index in [2.05, 4.69) is 0 Å². The van der Waals surface area contributed by atoms with Gasteiger partial charge in [0.05, 0.1) is 65.3 Å². The van der Waals surface area contributed by atoms with E-state index in [1.165, 1.54) is 92.4 Å². The normalized spacial score (nSPS) is 12.7. The van der Waals surface area contributed by atoms with E-state index in [1.54, 1.807) is 0 Å². The molecule has 0 unspecified atom stereocenters. The van der Waals surface area contributed by atoms with Crippen molar-refractivity contribution in [2.75, 3.05) is 0 Å². The molecule has 72 heavy (non-hydrogen) atoms. The summed E-state index contributed by atoms with van der Waals surface area (Å²) in [5.74, 6) is 2.44. The molecule has 18 heteroatoms. The molecule has 0 radical (unpaired) electrons. The van der Waals surface area contributed by atoms with E-state index in [4.69, 9.17) is 38.9 Å². The molecule has 0 amide bonds. The maximum absolute atomic E-state index is 15.9. The number of aromatic nitrogens is 4. The quantitative estimate of drug-likeness (QED) is 0.0912. The van der Waals surface area contributed by atoms with E-state index in [9.17, 15) is 0 Å². The largest absolute Gasteiger partial charge is 0.491 e. The molecule has 10 nitrogen and oxygen atoms in total. The van der Waals surface area contributed by atoms with Gasteiger partial charge in [0.1, 0.15) is 23.0 Å². The van der Waals surface area contributed by atoms with Crippen LogP contribution in [0, 0.1) is 0 Å². The van der Waals surface area contributed by atoms with Gasteiger partial charge in [0, 0.05) is 66.1 Å². The standard InChI is InChI=1S/C54H44N4O6S8/c1-25(2)61-29-9-13-37-33(21-29)55-51(65-37)69-41-17-18-42(70-52-56-34-22-30(62-26(3)4)10-14-38(34)66-52)46-45(41)49(59)47-43(71-53-57-35-23-31(63-27(5)6)11-15-39(35)67-53)19-20-44(48(47)50(46)60)72-54-58-36-24-32(64-28(7)8)12-16-40(36)68-54/h9-28H,1-8H3. The molecule has 11 rings (SSSR count). The van der Waals surface area contributed by atoms with Crippen molar-refractivity contribution in [3.63, 3.8) is 0 Å². The smallest absolute Gasteiger partial charge is 0.196 e. The predicted octanol–water partition coefficient (Wildman–Crippen LogP) is 16.7. The van der Waals surface area contributed by atoms with E-state index in [-0.39, 0.29) is 36.0 Å². The number of benzene rings is 6. The molecule has 0 bridgehead atoms. The van der Waals surface area contributed by atoms with Gasteiger partial charge in [-0.15, -0.1) is 45.3 Å². The molecule has 0 saturated heterocycles. The van der Waals surface area contributed by atoms with Gasteiger partial charge in [-0.3, -0.25) is 9.59 Å². The van der Waals surface area contributed by atoms with E-state index in [0.29, 0.717) is 41.8 Å². The van der Waals surface area contributed by atoms with Gasteiger partial charge in [0.2, 0.25) is 0 Å². The van der Waals surface area contributed by atoms with Gasteiger partial charge >= 0.3 is 0 Å². The van der Waals surface area contributed by atoms with Gasteiger partial charge in [0.25, 0.3) is 0 Å². The minimum absolute atomic E-state index is 0.0104. The minimum Gasteiger partial charge on any atom is -0.491 e. The lowest BCUT2D eigenvalue weighted by molar-refractivity contribution is 0.0970. The lowest BCUT2D eigenvalue weighted by Gasteiger charge is -2.25. The average Bonchev–Trinajstić information content (AvgIpc) is 4.12. The predicted molar refractivity (Wildman–Crippen MR) is 298 cm³/mol. The van der Waals surface area contributed by atoms with Gasteiger partial charge in [-0.05, 0) is 128 Å². The van der Waals surface area contributed by atoms with Crippen LogP contribution in [0.25, 0.3) is 40.9 Å². The highest BCUT2D eigenvalue weighted by atomic mass is 32.2. The van der Waals surface area contributed by atoms with E-state index >= 15 is 9.59 Å². The molecule has 0 saturated carbocycles. The Labute approximate surface area is 448 Å². The average molecular weight is 1100 g/mol. The molecule has 4 heterocycles. The Morgan fingerprint density at radius 1 is 0.347 bits per heavy atom. The third-order valence-electron chi connectivity index (χ3n) is 10.8. The highest BCUT2D eigenvalue weighted by Gasteiger charge is 2.39. The Bertz CT molecular complexity index is 3280. The Morgan fingerprint density at radius 2 is 0.569 bits per heavy atom. The molecule has 4 aromatic heterocycles. The zero-order valence-electron chi connectivity index (χ0n) is 40.1. The topological polar surface area (TPSA) is 123 Å². The van der Waals surface area contributed by atoms with Gasteiger partial charge < -0.3 is 18.9 Å². The number of rotatable bonds is 16. The van der Waals surface area contributed by atoms with Crippen molar-refractivity contribution in [1.82, 2.24) is 19.9 Å². The number of nitrogens with zero attached hydrogens (tertiary/aromatic N) is 4. The molecular formula is C54H44N4O6S8. The monoisotopic (exact) mass is 1100 g/mol. The zero-order valence-corrected chi connectivity index (χ0v) is 46.6. The fourth-order valence-electron chi connectivity index (χ4n) is 8.10. The number of carbonyl (C=O) groups excluding carboxylic acids is 2. The molecule has 10 aromatic rings. The van der Waals surface area contributed by atoms with E-state index in [1.807, 2.05) is 152 Å². The van der Waals surface area contributed by atoms with Crippen LogP contribution in [0.3, 0.4) is 0 Å². The first-order valence-electron chi connectivity index (χ1n) is 23.1. The Morgan fingerprint density at radius 3 is 0.778 bits per heavy atom. The van der Waals surface area contributed by atoms with Crippen molar-refractivity contribution in [2.45, 2.75) is 117 Å². The van der Waals surface area contributed by atoms with Crippen molar-refractivity contribution in [3.05, 3.63) is 119 Å². The zero-order chi connectivity index (χ0) is 49.9. The SMILES string of the molecule is CC(C)Oc1ccc2sc(Sc3ccc(Sc4nc5cc(OC(C)C)ccc5s4)c4c3C(=O)c3c(Sc5nc6cc(OC(C)C)ccc6s5)ccc(Sc5nc6cc(OC(C)C)ccc6s5)c3C4=O)nc2c1. The van der Waals surface area contributed by atoms with Crippen molar-refractivity contribution < 1.29 is 28.5 Å². The lowest BCUT2D eigenvalue weighted by atomic mass is 9.84. The summed E-state index contributed by atoms with van der Waals surface area (Å²) in [5, 5.41) is 0. The molecule has 0 N–H and O–H groups in total. The summed E-state index contributed by atoms with van der Waals surface area (Å²) in [4.78, 5) is 54.5. The van der Waals surface area contributed by atoms with Crippen LogP contribution in [0.15, 0.2) is 134 Å². The summed E-state index contributed by atoms with van der Waals surface area (Å²) in [6.07, 6.45) is 0.0417. The number of fused-ring (bicyclic) bond motifs is 6. The number of hydrogen-bond acceptors (Lipinski definition) is 18. The summed E-state index contributed by atoms with van der Waals surface area (Å²) in [6.45, 7) is 15.9. The van der Waals surface area contributed by atoms with Crippen LogP contribution in [-0.4, -0.2) is 55.9 Å². The molecular weight excluding hydrogens is 1060 g/mol. The Kier molecular flexibility index (Phi) is 13.8. The van der Waals surface area contributed by atoms with Crippen LogP contribution in [0.2, 0.25) is 0 Å². The summed E-state index contributed by atoms with van der Waals surface area (Å²) < 4.78 is 30.9. The van der Waals surface area contributed by atoms with Gasteiger partial charge in [-0.2, -0.15) is 0 Å². The van der Waals surface area contributed by atoms with Crippen LogP contribution in [0.4, 0.5) is 0 Å². The minimum atomic E-state index is -0.253. The summed E-state index contributed by atoms with van der Waals surface area (Å²) in [5.41, 5.74) is 4.52. The summed E-state index contributed by atoms with van der Waals surface area (Å²) in [7, 11) is 0. The summed E-state index contributed by atoms with van der Waals surface area (Å²) >= 11 is 11.7. The molecule has 6 aromatic carbocycles. The fraction of sp³-hybridized carbons (Fsp3) is 0.222. The maximum Gasteiger partial charge on any atom is 0.196 e. The summed E-state index contributed by atoms with van der Waals surface area (Å²) in [6, 6.07) is 31.4. The lowest BCUT2D eigenvalue weighted by Crippen LogP contribution is -2.24. The van der Waals surface area contributed by atoms with Crippen molar-refractivity contribution in [2.24, 2.45) is 0 Å². The van der Waals surface area contributed by atoms with Crippen molar-refractivity contribution in [3.8, 4) is 23.0 Å². The number of ether oxygens (including phenoxy) is 4. The maximum atomic E-state index is 15.9. The second kappa shape index (κ2) is 20.3. The molecule has 0 fully saturated rings. The molecule has 1 aliphatic carbocycles. The van der Waals surface area contributed by atoms with Gasteiger partial charge in [0.15, 0.2) is 28.9 Å². The highest BCUT2D eigenvalue weighted by Crippen LogP contribution is 2.50. The third kappa shape index (κ3) is 10.2. The third-order valence-corrected chi connectivity index (χ3v) is 19.4. The van der Waals surface area contributed by atoms with E-state index in [0.717, 1.165) is 81.2 Å². The van der Waals surface area contributed by atoms with Gasteiger partial charge in [-0.1, -0.05) is 47.0 Å². The van der Waals surface area contributed by atoms with Crippen molar-refractivity contribution >= 4 is 145 Å². The van der Waals surface area contributed by atoms with Crippen LogP contribution in [0.1, 0.15) is 87.2 Å². The second-order valence-electron chi connectivity index (χ2n) is 17.8. The number of hydrogen-bond donors (Lipinski definition) is 0. The Hall–Kier alpha value is -5.18. The van der Waals surface area contributed by atoms with Gasteiger partial charge in [-0.25, -0.2) is 19.9 Å². The van der Waals surface area contributed by atoms with Crippen LogP contribution in [-0.2, 0) is 0 Å². The molecule has 0 atom stereocenters. The fourth-order valence-corrected chi connectivity index (χ4v) is 16.7. The molecule has 0 aliphatic heterocycles. The first kappa shape index (κ1) is 49.1. The number of carbonyl (C=O) groups is 2. The number of thiazole rings is 4. The van der Waals surface area contributed by atoms with Crippen LogP contribution >= 0.6 is 92.4 Å². The highest BCUT2D eigenvalue weighted by molar-refractivity contribution is 8.02. The Balaban J connectivity index is 1.05. The molecule has 1 aliphatic rings. The number of ketones is 2. The van der Waals surface area contributed by atoms with Crippen molar-refractivity contribution in [1.29, 1.82) is 0 Å². The molecule has 364 valence electrons. The van der Waals surface area contributed by atoms with Crippen LogP contribution < -0.4 is 18.9 Å². The second-order valence-corrected chi connectivity index (χ2v) is 27.1. The van der Waals surface area contributed by atoms with Crippen LogP contribution in [0.5, 0.6) is 23.0 Å². The molecule has 0 spiro atoms.